The van der Waals surface area contributed by atoms with Crippen molar-refractivity contribution < 1.29 is 32.3 Å². The third kappa shape index (κ3) is 4.15. The lowest BCUT2D eigenvalue weighted by Gasteiger charge is -2.31. The number of methoxy groups -OCH3 is 1. The number of benzene rings is 1. The highest BCUT2D eigenvalue weighted by Crippen LogP contribution is 2.42. The summed E-state index contributed by atoms with van der Waals surface area (Å²) in [4.78, 5) is 41.0. The third-order valence-electron chi connectivity index (χ3n) is 6.69. The van der Waals surface area contributed by atoms with Gasteiger partial charge in [-0.1, -0.05) is 0 Å². The Hall–Kier alpha value is -3.00. The lowest BCUT2D eigenvalue weighted by molar-refractivity contribution is -0.134. The number of morpholine rings is 1. The van der Waals surface area contributed by atoms with Crippen LogP contribution in [-0.2, 0) is 36.3 Å². The first-order chi connectivity index (χ1) is 17.3. The van der Waals surface area contributed by atoms with Crippen LogP contribution in [0.5, 0.6) is 5.75 Å². The summed E-state index contributed by atoms with van der Waals surface area (Å²) in [6.07, 6.45) is 2.07. The van der Waals surface area contributed by atoms with Crippen molar-refractivity contribution in [2.24, 2.45) is 0 Å². The average Bonchev–Trinajstić information content (AvgIpc) is 3.45. The molecule has 0 saturated carbocycles. The molecule has 3 heterocycles. The number of ether oxygens (including phenoxy) is 2. The Morgan fingerprint density at radius 1 is 1.25 bits per heavy atom. The lowest BCUT2D eigenvalue weighted by Crippen LogP contribution is -2.46. The van der Waals surface area contributed by atoms with E-state index < -0.39 is 40.0 Å². The fraction of sp³-hybridized carbons (Fsp3) is 0.435. The molecule has 36 heavy (non-hydrogen) atoms. The number of rotatable bonds is 6. The van der Waals surface area contributed by atoms with Crippen LogP contribution in [0.2, 0.25) is 0 Å². The summed E-state index contributed by atoms with van der Waals surface area (Å²) in [6, 6.07) is 5.39. The molecule has 2 aromatic rings. The van der Waals surface area contributed by atoms with Crippen LogP contribution in [0.1, 0.15) is 23.3 Å². The number of amides is 4. The number of imide groups is 1. The van der Waals surface area contributed by atoms with Crippen molar-refractivity contribution in [1.82, 2.24) is 14.5 Å². The molecule has 1 aromatic heterocycles. The Labute approximate surface area is 212 Å². The van der Waals surface area contributed by atoms with Crippen LogP contribution in [0.3, 0.4) is 0 Å². The molecule has 2 fully saturated rings. The molecule has 4 amide bonds. The molecule has 11 nitrogen and oxygen atoms in total. The van der Waals surface area contributed by atoms with E-state index in [1.165, 1.54) is 29.6 Å². The predicted octanol–water partition coefficient (Wildman–Crippen LogP) is 1.50. The zero-order valence-electron chi connectivity index (χ0n) is 19.6. The predicted molar refractivity (Wildman–Crippen MR) is 130 cm³/mol. The summed E-state index contributed by atoms with van der Waals surface area (Å²) in [5.41, 5.74) is -0.228. The standard InChI is InChI=1S/C23H26N4O7S2/c1-33-18-5-4-15(36(31,32)26-8-10-34-11-9-26)13-17(18)24-20(28)14-27-21(29)23(25-22(27)30)7-2-3-19-16(23)6-12-35-19/h4-6,12-13H,2-3,7-11,14H2,1H3,(H,24,28)(H,25,30). The van der Waals surface area contributed by atoms with E-state index in [-0.39, 0.29) is 29.4 Å². The summed E-state index contributed by atoms with van der Waals surface area (Å²) >= 11 is 1.55. The van der Waals surface area contributed by atoms with Gasteiger partial charge < -0.3 is 20.1 Å². The van der Waals surface area contributed by atoms with E-state index in [2.05, 4.69) is 10.6 Å². The van der Waals surface area contributed by atoms with E-state index in [0.717, 1.165) is 28.2 Å². The molecule has 192 valence electrons. The molecule has 2 aliphatic heterocycles. The number of thiophene rings is 1. The number of aryl methyl sites for hydroxylation is 1. The van der Waals surface area contributed by atoms with Crippen molar-refractivity contribution in [3.05, 3.63) is 40.1 Å². The second-order valence-corrected chi connectivity index (χ2v) is 11.7. The quantitative estimate of drug-likeness (QED) is 0.537. The smallest absolute Gasteiger partial charge is 0.325 e. The molecule has 0 bridgehead atoms. The summed E-state index contributed by atoms with van der Waals surface area (Å²) < 4.78 is 37.9. The number of urea groups is 1. The van der Waals surface area contributed by atoms with Gasteiger partial charge in [0.1, 0.15) is 17.8 Å². The minimum Gasteiger partial charge on any atom is -0.495 e. The normalized spacial score (nSPS) is 22.4. The van der Waals surface area contributed by atoms with Crippen LogP contribution in [0.25, 0.3) is 0 Å². The van der Waals surface area contributed by atoms with Crippen LogP contribution in [0, 0.1) is 0 Å². The fourth-order valence-corrected chi connectivity index (χ4v) is 7.33. The highest BCUT2D eigenvalue weighted by molar-refractivity contribution is 7.89. The molecule has 2 N–H and O–H groups in total. The largest absolute Gasteiger partial charge is 0.495 e. The average molecular weight is 535 g/mol. The molecule has 2 saturated heterocycles. The SMILES string of the molecule is COc1ccc(S(=O)(=O)N2CCOCC2)cc1NC(=O)CN1C(=O)NC2(CCCc3sccc32)C1=O. The zero-order chi connectivity index (χ0) is 25.5. The number of carbonyl (C=O) groups excluding carboxylic acids is 3. The number of hydrogen-bond donors (Lipinski definition) is 2. The fourth-order valence-electron chi connectivity index (χ4n) is 4.90. The molecule has 1 spiro atoms. The Kier molecular flexibility index (Phi) is 6.49. The summed E-state index contributed by atoms with van der Waals surface area (Å²) in [5.74, 6) is -0.873. The first-order valence-electron chi connectivity index (χ1n) is 11.5. The Morgan fingerprint density at radius 2 is 2.03 bits per heavy atom. The molecule has 1 unspecified atom stereocenters. The molecule has 0 radical (unpaired) electrons. The van der Waals surface area contributed by atoms with Crippen molar-refractivity contribution in [3.63, 3.8) is 0 Å². The minimum atomic E-state index is -3.81. The molecular formula is C23H26N4O7S2. The van der Waals surface area contributed by atoms with Crippen molar-refractivity contribution in [1.29, 1.82) is 0 Å². The maximum Gasteiger partial charge on any atom is 0.325 e. The zero-order valence-corrected chi connectivity index (χ0v) is 21.2. The van der Waals surface area contributed by atoms with Gasteiger partial charge in [0, 0.05) is 23.5 Å². The summed E-state index contributed by atoms with van der Waals surface area (Å²) in [6.45, 7) is 0.555. The Morgan fingerprint density at radius 3 is 2.78 bits per heavy atom. The van der Waals surface area contributed by atoms with Gasteiger partial charge >= 0.3 is 6.03 Å². The second-order valence-electron chi connectivity index (χ2n) is 8.76. The van der Waals surface area contributed by atoms with Gasteiger partial charge in [0.05, 0.1) is 30.9 Å². The number of fused-ring (bicyclic) bond motifs is 2. The molecule has 1 atom stereocenters. The number of sulfonamides is 1. The first-order valence-corrected chi connectivity index (χ1v) is 13.8. The Balaban J connectivity index is 1.35. The van der Waals surface area contributed by atoms with Gasteiger partial charge in [-0.15, -0.1) is 11.3 Å². The molecule has 3 aliphatic rings. The van der Waals surface area contributed by atoms with Crippen LogP contribution >= 0.6 is 11.3 Å². The van der Waals surface area contributed by atoms with E-state index in [0.29, 0.717) is 19.6 Å². The summed E-state index contributed by atoms with van der Waals surface area (Å²) in [7, 11) is -2.42. The molecule has 1 aliphatic carbocycles. The third-order valence-corrected chi connectivity index (χ3v) is 9.57. The van der Waals surface area contributed by atoms with Gasteiger partial charge in [-0.3, -0.25) is 14.5 Å². The van der Waals surface area contributed by atoms with E-state index >= 15 is 0 Å². The van der Waals surface area contributed by atoms with E-state index in [4.69, 9.17) is 9.47 Å². The van der Waals surface area contributed by atoms with Crippen molar-refractivity contribution >= 4 is 44.9 Å². The van der Waals surface area contributed by atoms with Crippen LogP contribution in [-0.4, -0.2) is 75.4 Å². The van der Waals surface area contributed by atoms with E-state index in [1.54, 1.807) is 11.3 Å². The van der Waals surface area contributed by atoms with Gasteiger partial charge in [0.2, 0.25) is 15.9 Å². The van der Waals surface area contributed by atoms with E-state index in [1.807, 2.05) is 11.4 Å². The lowest BCUT2D eigenvalue weighted by atomic mass is 9.80. The van der Waals surface area contributed by atoms with Gasteiger partial charge in [-0.05, 0) is 48.9 Å². The van der Waals surface area contributed by atoms with Crippen molar-refractivity contribution in [3.8, 4) is 5.75 Å². The Bertz CT molecular complexity index is 1320. The number of carbonyl (C=O) groups is 3. The van der Waals surface area contributed by atoms with Gasteiger partial charge in [-0.25, -0.2) is 13.2 Å². The highest BCUT2D eigenvalue weighted by atomic mass is 32.2. The van der Waals surface area contributed by atoms with Crippen LogP contribution in [0.15, 0.2) is 34.5 Å². The number of hydrogen-bond acceptors (Lipinski definition) is 8. The van der Waals surface area contributed by atoms with E-state index in [9.17, 15) is 22.8 Å². The highest BCUT2D eigenvalue weighted by Gasteiger charge is 2.54. The van der Waals surface area contributed by atoms with Gasteiger partial charge in [-0.2, -0.15) is 4.31 Å². The van der Waals surface area contributed by atoms with Crippen molar-refractivity contribution in [2.45, 2.75) is 29.7 Å². The molecule has 1 aromatic carbocycles. The minimum absolute atomic E-state index is 0.0124. The monoisotopic (exact) mass is 534 g/mol. The van der Waals surface area contributed by atoms with Crippen LogP contribution < -0.4 is 15.4 Å². The maximum atomic E-state index is 13.4. The molecule has 5 rings (SSSR count). The number of nitrogens with zero attached hydrogens (tertiary/aromatic N) is 2. The summed E-state index contributed by atoms with van der Waals surface area (Å²) in [5, 5.41) is 7.32. The van der Waals surface area contributed by atoms with Crippen molar-refractivity contribution in [2.75, 3.05) is 45.3 Å². The van der Waals surface area contributed by atoms with Crippen LogP contribution in [0.4, 0.5) is 10.5 Å². The first kappa shape index (κ1) is 24.7. The second kappa shape index (κ2) is 9.47. The number of nitrogens with one attached hydrogen (secondary N) is 2. The topological polar surface area (TPSA) is 134 Å². The maximum absolute atomic E-state index is 13.4. The van der Waals surface area contributed by atoms with Gasteiger partial charge in [0.25, 0.3) is 5.91 Å². The number of anilines is 1. The molecular weight excluding hydrogens is 508 g/mol. The molecule has 13 heteroatoms. The van der Waals surface area contributed by atoms with Gasteiger partial charge in [0.15, 0.2) is 0 Å².